The number of nitrogens with zero attached hydrogens (tertiary/aromatic N) is 1. The van der Waals surface area contributed by atoms with Gasteiger partial charge >= 0.3 is 0 Å². The second-order valence-corrected chi connectivity index (χ2v) is 6.92. The van der Waals surface area contributed by atoms with Crippen LogP contribution in [0.1, 0.15) is 11.3 Å². The maximum absolute atomic E-state index is 12.5. The van der Waals surface area contributed by atoms with Gasteiger partial charge in [0.05, 0.1) is 11.5 Å². The van der Waals surface area contributed by atoms with Gasteiger partial charge in [0, 0.05) is 5.56 Å². The van der Waals surface area contributed by atoms with Crippen LogP contribution in [-0.4, -0.2) is 18.7 Å². The number of aromatic nitrogens is 1. The third-order valence-electron chi connectivity index (χ3n) is 3.56. The third-order valence-corrected chi connectivity index (χ3v) is 4.93. The van der Waals surface area contributed by atoms with Gasteiger partial charge < -0.3 is 9.63 Å². The fraction of sp³-hybridized carbons (Fsp3) is 0.118. The van der Waals surface area contributed by atoms with Gasteiger partial charge in [-0.05, 0) is 24.6 Å². The Hall–Kier alpha value is -2.64. The summed E-state index contributed by atoms with van der Waals surface area (Å²) in [5.41, 5.74) is 2.15. The molecule has 124 valence electrons. The van der Waals surface area contributed by atoms with Crippen molar-refractivity contribution in [1.29, 1.82) is 0 Å². The van der Waals surface area contributed by atoms with Crippen molar-refractivity contribution < 1.29 is 18.0 Å². The van der Waals surface area contributed by atoms with Gasteiger partial charge in [-0.1, -0.05) is 47.6 Å². The summed E-state index contributed by atoms with van der Waals surface area (Å²) in [4.78, 5) is 0.159. The van der Waals surface area contributed by atoms with E-state index in [4.69, 9.17) is 9.63 Å². The topological polar surface area (TPSA) is 92.4 Å². The van der Waals surface area contributed by atoms with Gasteiger partial charge in [0.15, 0.2) is 5.76 Å². The van der Waals surface area contributed by atoms with E-state index < -0.39 is 10.0 Å². The van der Waals surface area contributed by atoms with Crippen LogP contribution in [0.4, 0.5) is 5.69 Å². The van der Waals surface area contributed by atoms with Crippen molar-refractivity contribution >= 4 is 15.7 Å². The van der Waals surface area contributed by atoms with Gasteiger partial charge in [0.25, 0.3) is 10.0 Å². The lowest BCUT2D eigenvalue weighted by Crippen LogP contribution is -2.13. The molecule has 2 aromatic carbocycles. The molecule has 0 spiro atoms. The quantitative estimate of drug-likeness (QED) is 0.742. The monoisotopic (exact) mass is 344 g/mol. The Morgan fingerprint density at radius 1 is 1.08 bits per heavy atom. The molecule has 0 bridgehead atoms. The summed E-state index contributed by atoms with van der Waals surface area (Å²) in [6.45, 7) is 1.58. The van der Waals surface area contributed by atoms with Crippen LogP contribution in [0.2, 0.25) is 0 Å². The highest BCUT2D eigenvalue weighted by atomic mass is 32.2. The third kappa shape index (κ3) is 3.17. The fourth-order valence-electron chi connectivity index (χ4n) is 2.25. The van der Waals surface area contributed by atoms with E-state index in [0.29, 0.717) is 22.7 Å². The first-order chi connectivity index (χ1) is 11.5. The minimum absolute atomic E-state index is 0.0639. The van der Waals surface area contributed by atoms with Crippen LogP contribution >= 0.6 is 0 Å². The highest BCUT2D eigenvalue weighted by Gasteiger charge is 2.21. The SMILES string of the molecule is Cc1onc(-c2ccc(CO)cc2)c1NS(=O)(=O)c1ccccc1. The molecule has 0 amide bonds. The second-order valence-electron chi connectivity index (χ2n) is 5.24. The molecule has 0 aliphatic rings. The summed E-state index contributed by atoms with van der Waals surface area (Å²) in [5.74, 6) is 0.371. The number of hydrogen-bond donors (Lipinski definition) is 2. The van der Waals surface area contributed by atoms with Crippen LogP contribution in [0.15, 0.2) is 64.0 Å². The number of aliphatic hydroxyl groups excluding tert-OH is 1. The number of hydrogen-bond acceptors (Lipinski definition) is 5. The number of aryl methyl sites for hydroxylation is 1. The molecule has 0 atom stereocenters. The standard InChI is InChI=1S/C17H16N2O4S/c1-12-16(19-24(21,22)15-5-3-2-4-6-15)17(18-23-12)14-9-7-13(11-20)8-10-14/h2-10,19-20H,11H2,1H3. The minimum atomic E-state index is -3.74. The van der Waals surface area contributed by atoms with Crippen molar-refractivity contribution in [3.8, 4) is 11.3 Å². The van der Waals surface area contributed by atoms with E-state index in [1.807, 2.05) is 0 Å². The number of rotatable bonds is 5. The Balaban J connectivity index is 1.99. The predicted octanol–water partition coefficient (Wildman–Crippen LogP) is 2.94. The molecule has 0 saturated carbocycles. The first kappa shape index (κ1) is 16.2. The predicted molar refractivity (Wildman–Crippen MR) is 89.8 cm³/mol. The van der Waals surface area contributed by atoms with Crippen LogP contribution in [0.25, 0.3) is 11.3 Å². The number of benzene rings is 2. The van der Waals surface area contributed by atoms with Crippen molar-refractivity contribution in [2.45, 2.75) is 18.4 Å². The molecule has 1 heterocycles. The van der Waals surface area contributed by atoms with E-state index in [1.54, 1.807) is 49.4 Å². The van der Waals surface area contributed by atoms with E-state index in [1.165, 1.54) is 12.1 Å². The molecule has 0 radical (unpaired) electrons. The second kappa shape index (κ2) is 6.46. The molecular weight excluding hydrogens is 328 g/mol. The lowest BCUT2D eigenvalue weighted by Gasteiger charge is -2.08. The molecule has 0 unspecified atom stereocenters. The normalized spacial score (nSPS) is 11.4. The van der Waals surface area contributed by atoms with Crippen molar-refractivity contribution in [3.63, 3.8) is 0 Å². The summed E-state index contributed by atoms with van der Waals surface area (Å²) in [5, 5.41) is 13.1. The molecule has 2 N–H and O–H groups in total. The highest BCUT2D eigenvalue weighted by molar-refractivity contribution is 7.92. The molecule has 0 aliphatic carbocycles. The number of aliphatic hydroxyl groups is 1. The molecule has 6 nitrogen and oxygen atoms in total. The van der Waals surface area contributed by atoms with Crippen LogP contribution in [0.3, 0.4) is 0 Å². The smallest absolute Gasteiger partial charge is 0.262 e. The van der Waals surface area contributed by atoms with Gasteiger partial charge in [0.1, 0.15) is 11.4 Å². The summed E-state index contributed by atoms with van der Waals surface area (Å²) in [6, 6.07) is 15.1. The Labute approximate surface area is 139 Å². The minimum Gasteiger partial charge on any atom is -0.392 e. The van der Waals surface area contributed by atoms with Gasteiger partial charge in [-0.2, -0.15) is 0 Å². The Kier molecular flexibility index (Phi) is 4.37. The average Bonchev–Trinajstić information content (AvgIpc) is 2.96. The lowest BCUT2D eigenvalue weighted by atomic mass is 10.1. The molecular formula is C17H16N2O4S. The van der Waals surface area contributed by atoms with E-state index in [-0.39, 0.29) is 11.5 Å². The summed E-state index contributed by atoms with van der Waals surface area (Å²) in [7, 11) is -3.74. The highest BCUT2D eigenvalue weighted by Crippen LogP contribution is 2.32. The number of anilines is 1. The van der Waals surface area contributed by atoms with Crippen molar-refractivity contribution in [1.82, 2.24) is 5.16 Å². The summed E-state index contributed by atoms with van der Waals surface area (Å²) < 4.78 is 32.8. The zero-order valence-corrected chi connectivity index (χ0v) is 13.7. The lowest BCUT2D eigenvalue weighted by molar-refractivity contribution is 0.282. The zero-order valence-electron chi connectivity index (χ0n) is 12.9. The molecule has 24 heavy (non-hydrogen) atoms. The Morgan fingerprint density at radius 2 is 1.75 bits per heavy atom. The number of sulfonamides is 1. The van der Waals surface area contributed by atoms with Gasteiger partial charge in [-0.15, -0.1) is 0 Å². The van der Waals surface area contributed by atoms with Crippen LogP contribution in [0.5, 0.6) is 0 Å². The fourth-order valence-corrected chi connectivity index (χ4v) is 3.39. The first-order valence-electron chi connectivity index (χ1n) is 7.25. The van der Waals surface area contributed by atoms with E-state index in [2.05, 4.69) is 9.88 Å². The van der Waals surface area contributed by atoms with Crippen molar-refractivity contribution in [3.05, 3.63) is 65.9 Å². The molecule has 7 heteroatoms. The molecule has 3 aromatic rings. The zero-order chi connectivity index (χ0) is 17.2. The average molecular weight is 344 g/mol. The summed E-state index contributed by atoms with van der Waals surface area (Å²) in [6.07, 6.45) is 0. The maximum atomic E-state index is 12.5. The van der Waals surface area contributed by atoms with Gasteiger partial charge in [-0.3, -0.25) is 4.72 Å². The Morgan fingerprint density at radius 3 is 2.38 bits per heavy atom. The van der Waals surface area contributed by atoms with Crippen LogP contribution in [0, 0.1) is 6.92 Å². The molecule has 1 aromatic heterocycles. The Bertz CT molecular complexity index is 932. The first-order valence-corrected chi connectivity index (χ1v) is 8.74. The molecule has 0 saturated heterocycles. The van der Waals surface area contributed by atoms with Crippen LogP contribution in [-0.2, 0) is 16.6 Å². The number of nitrogens with one attached hydrogen (secondary N) is 1. The molecule has 0 fully saturated rings. The molecule has 0 aliphatic heterocycles. The largest absolute Gasteiger partial charge is 0.392 e. The van der Waals surface area contributed by atoms with Gasteiger partial charge in [-0.25, -0.2) is 8.42 Å². The van der Waals surface area contributed by atoms with Crippen molar-refractivity contribution in [2.75, 3.05) is 4.72 Å². The maximum Gasteiger partial charge on any atom is 0.262 e. The van der Waals surface area contributed by atoms with E-state index >= 15 is 0 Å². The van der Waals surface area contributed by atoms with E-state index in [9.17, 15) is 8.42 Å². The molecule has 3 rings (SSSR count). The summed E-state index contributed by atoms with van der Waals surface area (Å²) >= 11 is 0. The van der Waals surface area contributed by atoms with E-state index in [0.717, 1.165) is 5.56 Å². The van der Waals surface area contributed by atoms with Crippen LogP contribution < -0.4 is 4.72 Å². The van der Waals surface area contributed by atoms with Gasteiger partial charge in [0.2, 0.25) is 0 Å². The van der Waals surface area contributed by atoms with Crippen molar-refractivity contribution in [2.24, 2.45) is 0 Å².